The second-order valence-electron chi connectivity index (χ2n) is 9.79. The molecule has 2 aliphatic heterocycles. The molecule has 0 spiro atoms. The first-order valence-electron chi connectivity index (χ1n) is 10.2. The van der Waals surface area contributed by atoms with Crippen LogP contribution in [0.2, 0.25) is 19.6 Å². The van der Waals surface area contributed by atoms with E-state index in [9.17, 15) is 4.79 Å². The molecular formula is C21H32FN3O3Si. The van der Waals surface area contributed by atoms with Crippen LogP contribution < -0.4 is 5.32 Å². The van der Waals surface area contributed by atoms with E-state index < -0.39 is 38.0 Å². The minimum absolute atomic E-state index is 0.111. The third-order valence-corrected chi connectivity index (χ3v) is 6.11. The van der Waals surface area contributed by atoms with E-state index in [1.165, 1.54) is 0 Å². The highest BCUT2D eigenvalue weighted by atomic mass is 28.4. The number of aromatic nitrogens is 1. The first kappa shape index (κ1) is 22.1. The summed E-state index contributed by atoms with van der Waals surface area (Å²) < 4.78 is 27.7. The van der Waals surface area contributed by atoms with Crippen molar-refractivity contribution >= 4 is 31.8 Å². The predicted octanol–water partition coefficient (Wildman–Crippen LogP) is 4.60. The van der Waals surface area contributed by atoms with E-state index in [4.69, 9.17) is 9.16 Å². The number of rotatable bonds is 5. The van der Waals surface area contributed by atoms with E-state index in [2.05, 4.69) is 34.9 Å². The Kier molecular flexibility index (Phi) is 6.00. The van der Waals surface area contributed by atoms with Gasteiger partial charge in [0.2, 0.25) is 5.91 Å². The lowest BCUT2D eigenvalue weighted by Gasteiger charge is -2.27. The van der Waals surface area contributed by atoms with Crippen molar-refractivity contribution in [2.24, 2.45) is 10.4 Å². The number of nitrogens with one attached hydrogen (secondary N) is 1. The fourth-order valence-electron chi connectivity index (χ4n) is 3.63. The summed E-state index contributed by atoms with van der Waals surface area (Å²) in [5, 5.41) is 2.92. The van der Waals surface area contributed by atoms with E-state index in [-0.39, 0.29) is 12.0 Å². The number of amides is 1. The zero-order valence-corrected chi connectivity index (χ0v) is 19.3. The zero-order valence-electron chi connectivity index (χ0n) is 18.3. The third-order valence-electron chi connectivity index (χ3n) is 5.13. The van der Waals surface area contributed by atoms with Gasteiger partial charge in [0.25, 0.3) is 0 Å². The van der Waals surface area contributed by atoms with E-state index in [0.29, 0.717) is 23.5 Å². The quantitative estimate of drug-likeness (QED) is 0.705. The maximum Gasteiger partial charge on any atom is 0.229 e. The summed E-state index contributed by atoms with van der Waals surface area (Å²) in [6, 6.07) is 1.72. The second kappa shape index (κ2) is 7.89. The Bertz CT molecular complexity index is 803. The van der Waals surface area contributed by atoms with Gasteiger partial charge in [0.15, 0.2) is 14.5 Å². The van der Waals surface area contributed by atoms with Crippen LogP contribution >= 0.6 is 0 Å². The van der Waals surface area contributed by atoms with Crippen LogP contribution in [0.1, 0.15) is 45.7 Å². The SMILES string of the molecule is CC[C@H]1O[C@@H](C2C=Nc3c(NC(=O)C(C)(C)C)ccnc32)[C@@H](F)C1O[Si](C)(C)C. The minimum Gasteiger partial charge on any atom is -0.409 e. The monoisotopic (exact) mass is 421 g/mol. The number of carbonyl (C=O) groups excluding carboxylic acids is 1. The highest BCUT2D eigenvalue weighted by molar-refractivity contribution is 6.69. The molecule has 0 aliphatic carbocycles. The molecular weight excluding hydrogens is 389 g/mol. The number of pyridine rings is 1. The van der Waals surface area contributed by atoms with Gasteiger partial charge >= 0.3 is 0 Å². The molecule has 2 unspecified atom stereocenters. The summed E-state index contributed by atoms with van der Waals surface area (Å²) in [6.45, 7) is 13.7. The van der Waals surface area contributed by atoms with Crippen LogP contribution in [0.15, 0.2) is 17.3 Å². The number of hydrogen-bond donors (Lipinski definition) is 1. The van der Waals surface area contributed by atoms with Gasteiger partial charge in [-0.25, -0.2) is 4.39 Å². The van der Waals surface area contributed by atoms with E-state index in [0.717, 1.165) is 0 Å². The van der Waals surface area contributed by atoms with Crippen LogP contribution in [-0.4, -0.2) is 49.9 Å². The Morgan fingerprint density at radius 3 is 2.62 bits per heavy atom. The first-order chi connectivity index (χ1) is 13.4. The Morgan fingerprint density at radius 2 is 2.03 bits per heavy atom. The van der Waals surface area contributed by atoms with Crippen molar-refractivity contribution in [2.45, 2.75) is 84.2 Å². The molecule has 0 aromatic carbocycles. The van der Waals surface area contributed by atoms with Gasteiger partial charge in [0.1, 0.15) is 17.9 Å². The number of fused-ring (bicyclic) bond motifs is 1. The molecule has 1 aromatic heterocycles. The summed E-state index contributed by atoms with van der Waals surface area (Å²) >= 11 is 0. The van der Waals surface area contributed by atoms with Crippen LogP contribution in [0.4, 0.5) is 15.8 Å². The van der Waals surface area contributed by atoms with Gasteiger partial charge in [-0.05, 0) is 32.1 Å². The van der Waals surface area contributed by atoms with Crippen molar-refractivity contribution in [3.63, 3.8) is 0 Å². The fourth-order valence-corrected chi connectivity index (χ4v) is 4.73. The minimum atomic E-state index is -1.93. The molecule has 1 N–H and O–H groups in total. The van der Waals surface area contributed by atoms with Crippen LogP contribution in [0.5, 0.6) is 0 Å². The molecule has 1 aromatic rings. The lowest BCUT2D eigenvalue weighted by molar-refractivity contribution is -0.123. The molecule has 2 aliphatic rings. The number of hydrogen-bond acceptors (Lipinski definition) is 5. The van der Waals surface area contributed by atoms with Gasteiger partial charge in [0.05, 0.1) is 23.4 Å². The third kappa shape index (κ3) is 4.59. The van der Waals surface area contributed by atoms with Crippen molar-refractivity contribution < 1.29 is 18.3 Å². The Labute approximate surface area is 173 Å². The zero-order chi connectivity index (χ0) is 21.6. The smallest absolute Gasteiger partial charge is 0.229 e. The van der Waals surface area contributed by atoms with Crippen molar-refractivity contribution in [3.05, 3.63) is 18.0 Å². The molecule has 6 nitrogen and oxygen atoms in total. The topological polar surface area (TPSA) is 72.8 Å². The molecule has 0 saturated carbocycles. The number of anilines is 1. The van der Waals surface area contributed by atoms with Crippen molar-refractivity contribution in [3.8, 4) is 0 Å². The number of halogens is 1. The average molecular weight is 422 g/mol. The Hall–Kier alpha value is -1.64. The van der Waals surface area contributed by atoms with Crippen LogP contribution in [0, 0.1) is 5.41 Å². The number of nitrogens with zero attached hydrogens (tertiary/aromatic N) is 2. The molecule has 0 radical (unpaired) electrons. The van der Waals surface area contributed by atoms with E-state index >= 15 is 4.39 Å². The fraction of sp³-hybridized carbons (Fsp3) is 0.667. The average Bonchev–Trinajstić information content (AvgIpc) is 3.15. The molecule has 160 valence electrons. The number of aliphatic imine (C=N–C) groups is 1. The molecule has 5 atom stereocenters. The summed E-state index contributed by atoms with van der Waals surface area (Å²) in [5.41, 5.74) is 1.26. The van der Waals surface area contributed by atoms with Gasteiger partial charge in [-0.2, -0.15) is 0 Å². The molecule has 1 amide bonds. The van der Waals surface area contributed by atoms with Gasteiger partial charge < -0.3 is 14.5 Å². The lowest BCUT2D eigenvalue weighted by atomic mass is 9.94. The maximum atomic E-state index is 15.4. The molecule has 3 heterocycles. The summed E-state index contributed by atoms with van der Waals surface area (Å²) in [6.07, 6.45) is 1.16. The molecule has 1 saturated heterocycles. The highest BCUT2D eigenvalue weighted by Gasteiger charge is 2.51. The van der Waals surface area contributed by atoms with Gasteiger partial charge in [0, 0.05) is 17.8 Å². The summed E-state index contributed by atoms with van der Waals surface area (Å²) in [7, 11) is -1.93. The van der Waals surface area contributed by atoms with E-state index in [1.807, 2.05) is 27.7 Å². The van der Waals surface area contributed by atoms with Gasteiger partial charge in [-0.3, -0.25) is 14.8 Å². The van der Waals surface area contributed by atoms with E-state index in [1.54, 1.807) is 18.5 Å². The van der Waals surface area contributed by atoms with Crippen molar-refractivity contribution in [1.82, 2.24) is 4.98 Å². The largest absolute Gasteiger partial charge is 0.409 e. The summed E-state index contributed by atoms with van der Waals surface area (Å²) in [4.78, 5) is 21.3. The standard InChI is InChI=1S/C21H32FN3O3Si/c1-8-14-19(28-29(5,6)7)15(22)18(27-14)12-11-24-17-13(9-10-23-16(12)17)25-20(26)21(2,3)4/h9-12,14-15,18-19H,8H2,1-7H3,(H,23,25,26)/t12?,14-,15-,18+,19?/m1/s1. The van der Waals surface area contributed by atoms with Crippen LogP contribution in [0.3, 0.4) is 0 Å². The lowest BCUT2D eigenvalue weighted by Crippen LogP contribution is -2.41. The maximum absolute atomic E-state index is 15.4. The number of alkyl halides is 1. The van der Waals surface area contributed by atoms with Crippen LogP contribution in [0.25, 0.3) is 0 Å². The van der Waals surface area contributed by atoms with Gasteiger partial charge in [-0.1, -0.05) is 27.7 Å². The van der Waals surface area contributed by atoms with Gasteiger partial charge in [-0.15, -0.1) is 0 Å². The molecule has 0 bridgehead atoms. The predicted molar refractivity (Wildman–Crippen MR) is 115 cm³/mol. The summed E-state index contributed by atoms with van der Waals surface area (Å²) in [5.74, 6) is -0.518. The molecule has 3 rings (SSSR count). The molecule has 8 heteroatoms. The normalized spacial score (nSPS) is 29.2. The molecule has 29 heavy (non-hydrogen) atoms. The first-order valence-corrected chi connectivity index (χ1v) is 13.6. The molecule has 1 fully saturated rings. The Morgan fingerprint density at radius 1 is 1.34 bits per heavy atom. The highest BCUT2D eigenvalue weighted by Crippen LogP contribution is 2.44. The number of ether oxygens (including phenoxy) is 1. The van der Waals surface area contributed by atoms with Crippen molar-refractivity contribution in [1.29, 1.82) is 0 Å². The number of carbonyl (C=O) groups is 1. The Balaban J connectivity index is 1.85. The van der Waals surface area contributed by atoms with Crippen LogP contribution in [-0.2, 0) is 14.0 Å². The van der Waals surface area contributed by atoms with Crippen molar-refractivity contribution in [2.75, 3.05) is 5.32 Å². The second-order valence-corrected chi connectivity index (χ2v) is 14.2.